The fourth-order valence-electron chi connectivity index (χ4n) is 1.69. The summed E-state index contributed by atoms with van der Waals surface area (Å²) in [6.07, 6.45) is 3.28. The summed E-state index contributed by atoms with van der Waals surface area (Å²) in [6, 6.07) is 5.10. The number of pyridine rings is 1. The molecule has 0 aliphatic rings. The topological polar surface area (TPSA) is 80.9 Å². The van der Waals surface area contributed by atoms with Gasteiger partial charge in [0.2, 0.25) is 11.7 Å². The quantitative estimate of drug-likeness (QED) is 0.776. The Morgan fingerprint density at radius 2 is 2.27 bits per heavy atom. The van der Waals surface area contributed by atoms with E-state index in [9.17, 15) is 4.79 Å². The third-order valence-electron chi connectivity index (χ3n) is 2.69. The molecule has 6 nitrogen and oxygen atoms in total. The summed E-state index contributed by atoms with van der Waals surface area (Å²) in [6.45, 7) is 0.0931. The summed E-state index contributed by atoms with van der Waals surface area (Å²) in [4.78, 5) is 20.1. The second-order valence-electron chi connectivity index (χ2n) is 4.17. The van der Waals surface area contributed by atoms with Crippen molar-refractivity contribution in [1.82, 2.24) is 20.4 Å². The molecular weight excluding hydrogens is 347 g/mol. The first-order valence-electron chi connectivity index (χ1n) is 6.09. The van der Waals surface area contributed by atoms with Crippen LogP contribution in [0.3, 0.4) is 0 Å². The molecule has 3 aromatic rings. The van der Waals surface area contributed by atoms with Gasteiger partial charge in [0.1, 0.15) is 4.34 Å². The first-order chi connectivity index (χ1) is 10.6. The Bertz CT molecular complexity index is 803. The normalized spacial score (nSPS) is 10.6. The van der Waals surface area contributed by atoms with E-state index in [0.717, 1.165) is 16.9 Å². The molecule has 0 saturated heterocycles. The zero-order chi connectivity index (χ0) is 15.5. The van der Waals surface area contributed by atoms with E-state index >= 15 is 0 Å². The van der Waals surface area contributed by atoms with Crippen molar-refractivity contribution < 1.29 is 9.32 Å². The number of nitrogens with zero attached hydrogens (tertiary/aromatic N) is 3. The van der Waals surface area contributed by atoms with Crippen LogP contribution in [0.5, 0.6) is 0 Å². The number of rotatable bonds is 4. The van der Waals surface area contributed by atoms with Gasteiger partial charge in [-0.05, 0) is 18.2 Å². The average molecular weight is 355 g/mol. The summed E-state index contributed by atoms with van der Waals surface area (Å²) >= 11 is 12.9. The van der Waals surface area contributed by atoms with Gasteiger partial charge in [-0.15, -0.1) is 11.3 Å². The molecule has 0 saturated carbocycles. The zero-order valence-corrected chi connectivity index (χ0v) is 13.2. The first kappa shape index (κ1) is 15.0. The van der Waals surface area contributed by atoms with Gasteiger partial charge in [-0.2, -0.15) is 4.98 Å². The van der Waals surface area contributed by atoms with Crippen LogP contribution in [0, 0.1) is 0 Å². The van der Waals surface area contributed by atoms with Gasteiger partial charge < -0.3 is 9.84 Å². The Morgan fingerprint density at radius 1 is 1.41 bits per heavy atom. The molecule has 0 atom stereocenters. The number of aromatic nitrogens is 3. The molecule has 1 N–H and O–H groups in total. The van der Waals surface area contributed by atoms with E-state index in [1.165, 1.54) is 6.07 Å². The van der Waals surface area contributed by atoms with Crippen molar-refractivity contribution >= 4 is 40.4 Å². The lowest BCUT2D eigenvalue weighted by molar-refractivity contribution is 0.0947. The largest absolute Gasteiger partial charge is 0.343 e. The number of carbonyl (C=O) groups excluding carboxylic acids is 1. The zero-order valence-electron chi connectivity index (χ0n) is 10.9. The van der Waals surface area contributed by atoms with Crippen molar-refractivity contribution in [3.8, 4) is 11.4 Å². The van der Waals surface area contributed by atoms with E-state index in [1.807, 2.05) is 6.07 Å². The summed E-state index contributed by atoms with van der Waals surface area (Å²) in [7, 11) is 0. The van der Waals surface area contributed by atoms with Crippen LogP contribution in [0.2, 0.25) is 8.67 Å². The standard InChI is InChI=1S/C13H8Cl2N4O2S/c14-9-4-8(11(15)22-9)13(20)17-6-10-18-12(19-21-10)7-2-1-3-16-5-7/h1-5H,6H2,(H,17,20). The van der Waals surface area contributed by atoms with Gasteiger partial charge >= 0.3 is 0 Å². The lowest BCUT2D eigenvalue weighted by atomic mass is 10.3. The van der Waals surface area contributed by atoms with Crippen LogP contribution in [0.4, 0.5) is 0 Å². The number of hydrogen-bond acceptors (Lipinski definition) is 6. The second kappa shape index (κ2) is 6.43. The summed E-state index contributed by atoms with van der Waals surface area (Å²) in [5.74, 6) is 0.341. The van der Waals surface area contributed by atoms with Crippen LogP contribution < -0.4 is 5.32 Å². The van der Waals surface area contributed by atoms with Gasteiger partial charge in [0.25, 0.3) is 5.91 Å². The minimum atomic E-state index is -0.353. The average Bonchev–Trinajstić information content (AvgIpc) is 3.12. The first-order valence-corrected chi connectivity index (χ1v) is 7.67. The van der Waals surface area contributed by atoms with Crippen LogP contribution in [0.25, 0.3) is 11.4 Å². The van der Waals surface area contributed by atoms with Gasteiger partial charge in [-0.1, -0.05) is 28.4 Å². The molecule has 0 spiro atoms. The maximum absolute atomic E-state index is 12.0. The minimum Gasteiger partial charge on any atom is -0.343 e. The molecule has 1 amide bonds. The number of hydrogen-bond donors (Lipinski definition) is 1. The van der Waals surface area contributed by atoms with E-state index in [-0.39, 0.29) is 18.3 Å². The predicted octanol–water partition coefficient (Wildman–Crippen LogP) is 3.43. The molecule has 3 heterocycles. The maximum atomic E-state index is 12.0. The number of amides is 1. The highest BCUT2D eigenvalue weighted by atomic mass is 35.5. The van der Waals surface area contributed by atoms with Crippen molar-refractivity contribution in [2.24, 2.45) is 0 Å². The molecule has 0 aliphatic heterocycles. The molecule has 0 aromatic carbocycles. The Morgan fingerprint density at radius 3 is 2.95 bits per heavy atom. The Labute approximate surface area is 139 Å². The van der Waals surface area contributed by atoms with Crippen LogP contribution in [-0.4, -0.2) is 21.0 Å². The van der Waals surface area contributed by atoms with Gasteiger partial charge in [-0.3, -0.25) is 9.78 Å². The second-order valence-corrected chi connectivity index (χ2v) is 6.46. The smallest absolute Gasteiger partial charge is 0.254 e. The van der Waals surface area contributed by atoms with Crippen molar-refractivity contribution in [3.63, 3.8) is 0 Å². The highest BCUT2D eigenvalue weighted by Gasteiger charge is 2.15. The van der Waals surface area contributed by atoms with Crippen molar-refractivity contribution in [2.75, 3.05) is 0 Å². The van der Waals surface area contributed by atoms with Crippen molar-refractivity contribution in [3.05, 3.63) is 50.7 Å². The third kappa shape index (κ3) is 3.27. The summed E-state index contributed by atoms with van der Waals surface area (Å²) in [5, 5.41) is 6.48. The predicted molar refractivity (Wildman–Crippen MR) is 83.0 cm³/mol. The lowest BCUT2D eigenvalue weighted by Crippen LogP contribution is -2.22. The number of carbonyl (C=O) groups is 1. The van der Waals surface area contributed by atoms with Crippen LogP contribution in [0.15, 0.2) is 35.1 Å². The molecule has 3 aromatic heterocycles. The highest BCUT2D eigenvalue weighted by molar-refractivity contribution is 7.20. The summed E-state index contributed by atoms with van der Waals surface area (Å²) in [5.41, 5.74) is 1.06. The van der Waals surface area contributed by atoms with E-state index in [1.54, 1.807) is 18.5 Å². The van der Waals surface area contributed by atoms with E-state index in [4.69, 9.17) is 27.7 Å². The monoisotopic (exact) mass is 354 g/mol. The molecule has 0 fully saturated rings. The number of nitrogens with one attached hydrogen (secondary N) is 1. The number of thiophene rings is 1. The minimum absolute atomic E-state index is 0.0931. The summed E-state index contributed by atoms with van der Waals surface area (Å²) < 4.78 is 5.87. The van der Waals surface area contributed by atoms with Crippen LogP contribution in [0.1, 0.15) is 16.2 Å². The molecule has 0 aliphatic carbocycles. The van der Waals surface area contributed by atoms with Crippen molar-refractivity contribution in [1.29, 1.82) is 0 Å². The number of halogens is 2. The van der Waals surface area contributed by atoms with E-state index < -0.39 is 0 Å². The molecule has 112 valence electrons. The lowest BCUT2D eigenvalue weighted by Gasteiger charge is -1.99. The maximum Gasteiger partial charge on any atom is 0.254 e. The fourth-order valence-corrected chi connectivity index (χ4v) is 3.14. The highest BCUT2D eigenvalue weighted by Crippen LogP contribution is 2.31. The molecule has 0 unspecified atom stereocenters. The Balaban J connectivity index is 1.66. The van der Waals surface area contributed by atoms with Gasteiger partial charge in [0.15, 0.2) is 0 Å². The van der Waals surface area contributed by atoms with Gasteiger partial charge in [0, 0.05) is 18.0 Å². The fraction of sp³-hybridized carbons (Fsp3) is 0.0769. The SMILES string of the molecule is O=C(NCc1nc(-c2cccnc2)no1)c1cc(Cl)sc1Cl. The van der Waals surface area contributed by atoms with Gasteiger partial charge in [0.05, 0.1) is 16.4 Å². The van der Waals surface area contributed by atoms with Crippen LogP contribution in [-0.2, 0) is 6.54 Å². The molecule has 3 rings (SSSR count). The van der Waals surface area contributed by atoms with E-state index in [2.05, 4.69) is 20.4 Å². The molecule has 0 radical (unpaired) electrons. The Kier molecular flexibility index (Phi) is 4.37. The molecule has 9 heteroatoms. The molecule has 0 bridgehead atoms. The van der Waals surface area contributed by atoms with E-state index in [0.29, 0.717) is 20.1 Å². The molecule has 22 heavy (non-hydrogen) atoms. The molecular formula is C13H8Cl2N4O2S. The van der Waals surface area contributed by atoms with Crippen LogP contribution >= 0.6 is 34.5 Å². The van der Waals surface area contributed by atoms with Crippen molar-refractivity contribution in [2.45, 2.75) is 6.54 Å². The van der Waals surface area contributed by atoms with Gasteiger partial charge in [-0.25, -0.2) is 0 Å². The third-order valence-corrected chi connectivity index (χ3v) is 4.18. The Hall–Kier alpha value is -1.96.